The van der Waals surface area contributed by atoms with E-state index in [0.717, 1.165) is 64.2 Å². The van der Waals surface area contributed by atoms with Crippen molar-refractivity contribution in [3.8, 4) is 0 Å². The maximum absolute atomic E-state index is 13.7. The van der Waals surface area contributed by atoms with E-state index in [-0.39, 0.29) is 52.8 Å². The van der Waals surface area contributed by atoms with Crippen LogP contribution in [0.25, 0.3) is 0 Å². The van der Waals surface area contributed by atoms with E-state index in [1.165, 1.54) is 6.42 Å². The van der Waals surface area contributed by atoms with Crippen LogP contribution in [0.15, 0.2) is 72.8 Å². The number of esters is 3. The van der Waals surface area contributed by atoms with Crippen molar-refractivity contribution in [2.24, 2.45) is 52.3 Å². The summed E-state index contributed by atoms with van der Waals surface area (Å²) in [4.78, 5) is 39.4. The Morgan fingerprint density at radius 2 is 1.19 bits per heavy atom. The number of carbonyl (C=O) groups excluding carboxylic acids is 3. The minimum Gasteiger partial charge on any atom is -0.462 e. The molecule has 11 atom stereocenters. The van der Waals surface area contributed by atoms with Gasteiger partial charge in [0.1, 0.15) is 12.2 Å². The number of ether oxygens (including phenoxy) is 3. The van der Waals surface area contributed by atoms with Gasteiger partial charge >= 0.3 is 17.9 Å². The van der Waals surface area contributed by atoms with E-state index < -0.39 is 0 Å². The van der Waals surface area contributed by atoms with Crippen LogP contribution in [-0.4, -0.2) is 36.7 Å². The first-order valence-corrected chi connectivity index (χ1v) is 22.2. The summed E-state index contributed by atoms with van der Waals surface area (Å²) < 4.78 is 18.3. The van der Waals surface area contributed by atoms with Crippen molar-refractivity contribution >= 4 is 52.7 Å². The Morgan fingerprint density at radius 3 is 1.79 bits per heavy atom. The number of rotatable bonds is 12. The first kappa shape index (κ1) is 42.1. The van der Waals surface area contributed by atoms with E-state index in [4.69, 9.17) is 49.0 Å². The molecular weight excluding hydrogens is 779 g/mol. The van der Waals surface area contributed by atoms with Crippen LogP contribution in [0.3, 0.4) is 0 Å². The Balaban J connectivity index is 1.01. The zero-order chi connectivity index (χ0) is 40.5. The van der Waals surface area contributed by atoms with Gasteiger partial charge in [-0.25, -0.2) is 14.4 Å². The third-order valence-electron chi connectivity index (χ3n) is 14.9. The maximum atomic E-state index is 13.7. The second-order valence-corrected chi connectivity index (χ2v) is 19.7. The average molecular weight is 836 g/mol. The lowest BCUT2D eigenvalue weighted by Crippen LogP contribution is -2.54. The van der Waals surface area contributed by atoms with Gasteiger partial charge in [-0.15, -0.1) is 0 Å². The van der Waals surface area contributed by atoms with E-state index in [1.54, 1.807) is 72.8 Å². The molecule has 11 unspecified atom stereocenters. The molecule has 4 aliphatic carbocycles. The standard InChI is InChI=1S/C48H57Cl3O6/c1-29(28-55-44(52)31-8-15-35(49)16-9-31)6-5-7-30(2)43-42(57-46(54)33-12-19-37(51)20-13-33)27-41-39-21-14-34-26-38(56-45(53)32-10-17-36(50)18-11-32)22-24-47(34,3)40(39)23-25-48(41,43)4/h8-13,15-20,29-30,34,38-43H,5-7,14,21-28H2,1-4H3. The Bertz CT molecular complexity index is 1880. The zero-order valence-corrected chi connectivity index (χ0v) is 36.0. The third-order valence-corrected chi connectivity index (χ3v) is 15.7. The van der Waals surface area contributed by atoms with Crippen LogP contribution in [0.5, 0.6) is 0 Å². The third kappa shape index (κ3) is 9.09. The Morgan fingerprint density at radius 1 is 0.649 bits per heavy atom. The molecule has 0 N–H and O–H groups in total. The topological polar surface area (TPSA) is 78.9 Å². The number of hydrogen-bond acceptors (Lipinski definition) is 6. The van der Waals surface area contributed by atoms with E-state index in [9.17, 15) is 14.4 Å². The quantitative estimate of drug-likeness (QED) is 0.134. The number of hydrogen-bond donors (Lipinski definition) is 0. The Hall–Kier alpha value is -3.06. The first-order chi connectivity index (χ1) is 27.2. The van der Waals surface area contributed by atoms with Crippen LogP contribution >= 0.6 is 34.8 Å². The number of fused-ring (bicyclic) bond motifs is 5. The lowest BCUT2D eigenvalue weighted by molar-refractivity contribution is -0.131. The molecule has 0 aromatic heterocycles. The summed E-state index contributed by atoms with van der Waals surface area (Å²) in [7, 11) is 0. The molecule has 3 aromatic carbocycles. The molecule has 57 heavy (non-hydrogen) atoms. The highest BCUT2D eigenvalue weighted by Crippen LogP contribution is 2.69. The summed E-state index contributed by atoms with van der Waals surface area (Å²) >= 11 is 18.2. The normalized spacial score (nSPS) is 31.5. The molecule has 9 heteroatoms. The Kier molecular flexibility index (Phi) is 13.0. The summed E-state index contributed by atoms with van der Waals surface area (Å²) in [5, 5.41) is 1.78. The van der Waals surface area contributed by atoms with Crippen LogP contribution in [0, 0.1) is 52.3 Å². The molecule has 6 nitrogen and oxygen atoms in total. The minimum atomic E-state index is -0.328. The molecule has 4 aliphatic rings. The van der Waals surface area contributed by atoms with Crippen LogP contribution in [0.1, 0.15) is 129 Å². The lowest BCUT2D eigenvalue weighted by Gasteiger charge is -2.61. The summed E-state index contributed by atoms with van der Waals surface area (Å²) in [6, 6.07) is 20.7. The molecule has 0 spiro atoms. The maximum Gasteiger partial charge on any atom is 0.338 e. The predicted molar refractivity (Wildman–Crippen MR) is 226 cm³/mol. The molecular formula is C48H57Cl3O6. The predicted octanol–water partition coefficient (Wildman–Crippen LogP) is 13.0. The largest absolute Gasteiger partial charge is 0.462 e. The molecule has 0 heterocycles. The molecule has 4 saturated carbocycles. The highest BCUT2D eigenvalue weighted by molar-refractivity contribution is 6.31. The van der Waals surface area contributed by atoms with Crippen molar-refractivity contribution in [3.05, 3.63) is 105 Å². The molecule has 0 saturated heterocycles. The van der Waals surface area contributed by atoms with Crippen LogP contribution < -0.4 is 0 Å². The molecule has 0 amide bonds. The van der Waals surface area contributed by atoms with Crippen molar-refractivity contribution in [1.82, 2.24) is 0 Å². The molecule has 7 rings (SSSR count). The molecule has 0 radical (unpaired) electrons. The van der Waals surface area contributed by atoms with E-state index in [0.29, 0.717) is 68.0 Å². The van der Waals surface area contributed by atoms with Crippen LogP contribution in [-0.2, 0) is 14.2 Å². The fourth-order valence-electron chi connectivity index (χ4n) is 12.0. The minimum absolute atomic E-state index is 0.0553. The van der Waals surface area contributed by atoms with Gasteiger partial charge < -0.3 is 14.2 Å². The van der Waals surface area contributed by atoms with E-state index in [1.807, 2.05) is 0 Å². The SMILES string of the molecule is CC(CCCC(C)C1C(OC(=O)c2ccc(Cl)cc2)CC2C3CCC4CC(OC(=O)c5ccc(Cl)cc5)CCC4(C)C3CCC21C)COC(=O)c1ccc(Cl)cc1. The summed E-state index contributed by atoms with van der Waals surface area (Å²) in [5.74, 6) is 2.10. The van der Waals surface area contributed by atoms with Gasteiger partial charge in [0.15, 0.2) is 0 Å². The molecule has 306 valence electrons. The van der Waals surface area contributed by atoms with E-state index in [2.05, 4.69) is 27.7 Å². The average Bonchev–Trinajstić information content (AvgIpc) is 3.49. The van der Waals surface area contributed by atoms with Crippen molar-refractivity contribution in [3.63, 3.8) is 0 Å². The second-order valence-electron chi connectivity index (χ2n) is 18.3. The van der Waals surface area contributed by atoms with Gasteiger partial charge in [-0.05, 0) is 177 Å². The summed E-state index contributed by atoms with van der Waals surface area (Å²) in [6.45, 7) is 9.90. The number of halogens is 3. The number of benzene rings is 3. The second kappa shape index (κ2) is 17.7. The molecule has 3 aromatic rings. The monoisotopic (exact) mass is 834 g/mol. The van der Waals surface area contributed by atoms with Gasteiger partial charge in [0.05, 0.1) is 23.3 Å². The van der Waals surface area contributed by atoms with Crippen molar-refractivity contribution in [2.75, 3.05) is 6.61 Å². The van der Waals surface area contributed by atoms with Gasteiger partial charge in [-0.2, -0.15) is 0 Å². The van der Waals surface area contributed by atoms with Crippen LogP contribution in [0.4, 0.5) is 0 Å². The van der Waals surface area contributed by atoms with Crippen molar-refractivity contribution < 1.29 is 28.6 Å². The molecule has 0 aliphatic heterocycles. The Labute approximate surface area is 353 Å². The van der Waals surface area contributed by atoms with Gasteiger partial charge in [0.25, 0.3) is 0 Å². The molecule has 4 fully saturated rings. The zero-order valence-electron chi connectivity index (χ0n) is 33.7. The number of carbonyl (C=O) groups is 3. The van der Waals surface area contributed by atoms with Gasteiger partial charge in [-0.3, -0.25) is 0 Å². The fraction of sp³-hybridized carbons (Fsp3) is 0.562. The van der Waals surface area contributed by atoms with Crippen molar-refractivity contribution in [2.45, 2.75) is 111 Å². The first-order valence-electron chi connectivity index (χ1n) is 21.1. The molecule has 0 bridgehead atoms. The van der Waals surface area contributed by atoms with Gasteiger partial charge in [-0.1, -0.05) is 75.3 Å². The van der Waals surface area contributed by atoms with Crippen molar-refractivity contribution in [1.29, 1.82) is 0 Å². The lowest BCUT2D eigenvalue weighted by atomic mass is 9.44. The van der Waals surface area contributed by atoms with E-state index >= 15 is 0 Å². The highest BCUT2D eigenvalue weighted by Gasteiger charge is 2.64. The fourth-order valence-corrected chi connectivity index (χ4v) is 12.4. The smallest absolute Gasteiger partial charge is 0.338 e. The summed E-state index contributed by atoms with van der Waals surface area (Å²) in [5.41, 5.74) is 1.83. The van der Waals surface area contributed by atoms with Gasteiger partial charge in [0, 0.05) is 21.0 Å². The van der Waals surface area contributed by atoms with Crippen LogP contribution in [0.2, 0.25) is 15.1 Å². The van der Waals surface area contributed by atoms with Gasteiger partial charge in [0.2, 0.25) is 0 Å². The summed E-state index contributed by atoms with van der Waals surface area (Å²) in [6.07, 6.45) is 11.1. The highest BCUT2D eigenvalue weighted by atomic mass is 35.5.